The summed E-state index contributed by atoms with van der Waals surface area (Å²) in [5, 5.41) is 2.11. The number of carbonyl (C=O) groups excluding carboxylic acids is 1. The molecular formula is C21H25FN4O3S. The molecule has 9 heteroatoms. The number of fused-ring (bicyclic) bond motifs is 1. The number of hydrogen-bond donors (Lipinski definition) is 2. The number of sulfonamides is 1. The van der Waals surface area contributed by atoms with Crippen LogP contribution in [0.4, 0.5) is 14.9 Å². The first-order chi connectivity index (χ1) is 14.3. The van der Waals surface area contributed by atoms with E-state index >= 15 is 0 Å². The van der Waals surface area contributed by atoms with Crippen molar-refractivity contribution in [1.29, 1.82) is 0 Å². The molecule has 2 N–H and O–H groups in total. The van der Waals surface area contributed by atoms with Crippen LogP contribution in [0.2, 0.25) is 0 Å². The molecule has 2 aliphatic rings. The maximum atomic E-state index is 14.6. The number of anilines is 1. The Morgan fingerprint density at radius 3 is 2.50 bits per heavy atom. The number of urea groups is 1. The summed E-state index contributed by atoms with van der Waals surface area (Å²) in [7, 11) is 0.0304. The van der Waals surface area contributed by atoms with E-state index in [9.17, 15) is 17.6 Å². The van der Waals surface area contributed by atoms with Gasteiger partial charge in [-0.2, -0.15) is 0 Å². The second-order valence-electron chi connectivity index (χ2n) is 8.14. The fourth-order valence-corrected chi connectivity index (χ4v) is 5.63. The molecular weight excluding hydrogens is 407 g/mol. The number of benzene rings is 1. The molecule has 0 spiro atoms. The maximum absolute atomic E-state index is 14.6. The smallest absolute Gasteiger partial charge is 0.306 e. The molecule has 2 aliphatic carbocycles. The summed E-state index contributed by atoms with van der Waals surface area (Å²) in [5.74, 6) is -0.308. The molecule has 0 aliphatic heterocycles. The Morgan fingerprint density at radius 2 is 1.83 bits per heavy atom. The molecule has 0 bridgehead atoms. The average molecular weight is 433 g/mol. The minimum atomic E-state index is -3.78. The lowest BCUT2D eigenvalue weighted by Crippen LogP contribution is -2.52. The van der Waals surface area contributed by atoms with E-state index in [2.05, 4.69) is 15.0 Å². The monoisotopic (exact) mass is 432 g/mol. The van der Waals surface area contributed by atoms with Crippen LogP contribution >= 0.6 is 0 Å². The third kappa shape index (κ3) is 3.91. The van der Waals surface area contributed by atoms with Gasteiger partial charge < -0.3 is 10.2 Å². The maximum Gasteiger partial charge on any atom is 0.332 e. The molecule has 160 valence electrons. The number of nitrogens with zero attached hydrogens (tertiary/aromatic N) is 2. The zero-order chi connectivity index (χ0) is 21.5. The van der Waals surface area contributed by atoms with Crippen LogP contribution in [0, 0.1) is 5.82 Å². The van der Waals surface area contributed by atoms with Crippen LogP contribution in [0.25, 0.3) is 11.1 Å². The molecule has 30 heavy (non-hydrogen) atoms. The van der Waals surface area contributed by atoms with E-state index in [0.29, 0.717) is 48.1 Å². The molecule has 4 rings (SSSR count). The first-order valence-electron chi connectivity index (χ1n) is 10.00. The molecule has 1 fully saturated rings. The Morgan fingerprint density at radius 1 is 1.17 bits per heavy atom. The SMILES string of the molecule is CN(C)C1CC(S(=O)(=O)NC(=O)Nc2c(-c3ccncc3)cc(F)c3c2CCC3)C1. The molecule has 0 atom stereocenters. The highest BCUT2D eigenvalue weighted by Crippen LogP contribution is 2.39. The lowest BCUT2D eigenvalue weighted by atomic mass is 9.91. The van der Waals surface area contributed by atoms with Crippen molar-refractivity contribution >= 4 is 21.7 Å². The predicted octanol–water partition coefficient (Wildman–Crippen LogP) is 2.92. The Balaban J connectivity index is 1.59. The minimum Gasteiger partial charge on any atom is -0.306 e. The van der Waals surface area contributed by atoms with Gasteiger partial charge in [-0.15, -0.1) is 0 Å². The molecule has 7 nitrogen and oxygen atoms in total. The average Bonchev–Trinajstić information content (AvgIpc) is 3.13. The van der Waals surface area contributed by atoms with Gasteiger partial charge in [0.2, 0.25) is 10.0 Å². The van der Waals surface area contributed by atoms with Crippen LogP contribution in [0.5, 0.6) is 0 Å². The fraction of sp³-hybridized carbons (Fsp3) is 0.429. The lowest BCUT2D eigenvalue weighted by molar-refractivity contribution is 0.195. The van der Waals surface area contributed by atoms with Crippen LogP contribution in [0.15, 0.2) is 30.6 Å². The van der Waals surface area contributed by atoms with Crippen molar-refractivity contribution in [2.45, 2.75) is 43.4 Å². The molecule has 0 saturated heterocycles. The molecule has 1 aromatic carbocycles. The van der Waals surface area contributed by atoms with Gasteiger partial charge >= 0.3 is 6.03 Å². The van der Waals surface area contributed by atoms with Gasteiger partial charge in [-0.1, -0.05) is 0 Å². The van der Waals surface area contributed by atoms with E-state index in [4.69, 9.17) is 0 Å². The number of halogens is 1. The number of pyridine rings is 1. The predicted molar refractivity (Wildman–Crippen MR) is 113 cm³/mol. The number of rotatable bonds is 5. The summed E-state index contributed by atoms with van der Waals surface area (Å²) in [6, 6.07) is 4.24. The van der Waals surface area contributed by atoms with Crippen LogP contribution in [-0.2, 0) is 22.9 Å². The highest BCUT2D eigenvalue weighted by molar-refractivity contribution is 7.90. The summed E-state index contributed by atoms with van der Waals surface area (Å²) < 4.78 is 41.9. The molecule has 0 unspecified atom stereocenters. The van der Waals surface area contributed by atoms with Gasteiger partial charge in [0.25, 0.3) is 0 Å². The zero-order valence-electron chi connectivity index (χ0n) is 17.0. The quantitative estimate of drug-likeness (QED) is 0.758. The van der Waals surface area contributed by atoms with Crippen molar-refractivity contribution < 1.29 is 17.6 Å². The number of carbonyl (C=O) groups is 1. The van der Waals surface area contributed by atoms with E-state index in [1.165, 1.54) is 6.07 Å². The fourth-order valence-electron chi connectivity index (χ4n) is 4.20. The van der Waals surface area contributed by atoms with Crippen LogP contribution in [0.3, 0.4) is 0 Å². The summed E-state index contributed by atoms with van der Waals surface area (Å²) in [6.45, 7) is 0. The summed E-state index contributed by atoms with van der Waals surface area (Å²) in [6.07, 6.45) is 6.17. The highest BCUT2D eigenvalue weighted by Gasteiger charge is 2.40. The largest absolute Gasteiger partial charge is 0.332 e. The first kappa shape index (κ1) is 20.7. The number of nitrogens with one attached hydrogen (secondary N) is 2. The van der Waals surface area contributed by atoms with Gasteiger partial charge in [-0.05, 0) is 81.1 Å². The second-order valence-corrected chi connectivity index (χ2v) is 10.1. The van der Waals surface area contributed by atoms with Crippen LogP contribution in [0.1, 0.15) is 30.4 Å². The summed E-state index contributed by atoms with van der Waals surface area (Å²) in [4.78, 5) is 18.6. The van der Waals surface area contributed by atoms with E-state index in [0.717, 1.165) is 12.0 Å². The minimum absolute atomic E-state index is 0.202. The Kier molecular flexibility index (Phi) is 5.50. The Labute approximate surface area is 175 Å². The van der Waals surface area contributed by atoms with Crippen molar-refractivity contribution in [2.24, 2.45) is 0 Å². The van der Waals surface area contributed by atoms with Gasteiger partial charge in [-0.25, -0.2) is 22.3 Å². The molecule has 1 saturated carbocycles. The van der Waals surface area contributed by atoms with E-state index < -0.39 is 21.3 Å². The first-order valence-corrected chi connectivity index (χ1v) is 11.5. The second kappa shape index (κ2) is 7.96. The van der Waals surface area contributed by atoms with Gasteiger partial charge in [0.05, 0.1) is 10.9 Å². The third-order valence-electron chi connectivity index (χ3n) is 6.05. The topological polar surface area (TPSA) is 91.4 Å². The molecule has 2 aromatic rings. The van der Waals surface area contributed by atoms with E-state index in [-0.39, 0.29) is 11.9 Å². The van der Waals surface area contributed by atoms with Gasteiger partial charge in [-0.3, -0.25) is 4.98 Å². The third-order valence-corrected chi connectivity index (χ3v) is 7.78. The zero-order valence-corrected chi connectivity index (χ0v) is 17.8. The standard InChI is InChI=1S/C21H25FN4O3S/c1-26(2)14-10-15(11-14)30(28,29)25-21(27)24-20-17-5-3-4-16(17)19(22)12-18(20)13-6-8-23-9-7-13/h6-9,12,14-15H,3-5,10-11H2,1-2H3,(H2,24,25,27). The van der Waals surface area contributed by atoms with E-state index in [1.807, 2.05) is 19.0 Å². The molecule has 2 amide bonds. The lowest BCUT2D eigenvalue weighted by Gasteiger charge is -2.38. The van der Waals surface area contributed by atoms with Crippen molar-refractivity contribution in [3.05, 3.63) is 47.5 Å². The number of amides is 2. The van der Waals surface area contributed by atoms with Crippen LogP contribution in [-0.4, -0.2) is 49.7 Å². The highest BCUT2D eigenvalue weighted by atomic mass is 32.2. The summed E-state index contributed by atoms with van der Waals surface area (Å²) >= 11 is 0. The van der Waals surface area contributed by atoms with Crippen molar-refractivity contribution in [1.82, 2.24) is 14.6 Å². The molecule has 1 aromatic heterocycles. The van der Waals surface area contributed by atoms with Crippen LogP contribution < -0.4 is 10.0 Å². The van der Waals surface area contributed by atoms with Crippen molar-refractivity contribution in [3.8, 4) is 11.1 Å². The van der Waals surface area contributed by atoms with Crippen molar-refractivity contribution in [2.75, 3.05) is 19.4 Å². The molecule has 1 heterocycles. The summed E-state index contributed by atoms with van der Waals surface area (Å²) in [5.41, 5.74) is 2.98. The van der Waals surface area contributed by atoms with Gasteiger partial charge in [0, 0.05) is 24.0 Å². The number of aromatic nitrogens is 1. The number of hydrogen-bond acceptors (Lipinski definition) is 5. The van der Waals surface area contributed by atoms with Gasteiger partial charge in [0.1, 0.15) is 5.82 Å². The Hall–Kier alpha value is -2.52. The van der Waals surface area contributed by atoms with E-state index in [1.54, 1.807) is 24.5 Å². The molecule has 0 radical (unpaired) electrons. The van der Waals surface area contributed by atoms with Crippen molar-refractivity contribution in [3.63, 3.8) is 0 Å². The van der Waals surface area contributed by atoms with Gasteiger partial charge in [0.15, 0.2) is 0 Å². The normalized spacial score (nSPS) is 20.5. The Bertz CT molecular complexity index is 1070.